The Labute approximate surface area is 150 Å². The number of carbonyl (C=O) groups excluding carboxylic acids is 1. The number of halogens is 1. The van der Waals surface area contributed by atoms with E-state index in [-0.39, 0.29) is 24.2 Å². The van der Waals surface area contributed by atoms with E-state index in [1.165, 1.54) is 0 Å². The van der Waals surface area contributed by atoms with Crippen molar-refractivity contribution in [2.24, 2.45) is 11.8 Å². The van der Waals surface area contributed by atoms with Gasteiger partial charge in [-0.25, -0.2) is 0 Å². The first-order valence-corrected chi connectivity index (χ1v) is 8.42. The summed E-state index contributed by atoms with van der Waals surface area (Å²) >= 11 is 0. The molecule has 136 valence electrons. The Morgan fingerprint density at radius 3 is 2.67 bits per heavy atom. The van der Waals surface area contributed by atoms with Crippen molar-refractivity contribution < 1.29 is 14.3 Å². The monoisotopic (exact) mass is 356 g/mol. The number of rotatable bonds is 10. The highest BCUT2D eigenvalue weighted by molar-refractivity contribution is 5.85. The number of hydrogen-bond donors (Lipinski definition) is 2. The summed E-state index contributed by atoms with van der Waals surface area (Å²) in [6.45, 7) is 8.95. The maximum Gasteiger partial charge on any atom is 0.223 e. The molecular formula is C18H29ClN2O3. The Kier molecular flexibility index (Phi) is 9.95. The maximum atomic E-state index is 12.1. The highest BCUT2D eigenvalue weighted by atomic mass is 35.5. The van der Waals surface area contributed by atoms with Crippen LogP contribution in [0.3, 0.4) is 0 Å². The second-order valence-electron chi connectivity index (χ2n) is 5.99. The van der Waals surface area contributed by atoms with E-state index in [1.807, 2.05) is 32.0 Å². The van der Waals surface area contributed by atoms with Crippen molar-refractivity contribution in [3.05, 3.63) is 35.4 Å². The molecule has 1 unspecified atom stereocenters. The van der Waals surface area contributed by atoms with Gasteiger partial charge in [-0.15, -0.1) is 12.4 Å². The number of benzene rings is 1. The van der Waals surface area contributed by atoms with Gasteiger partial charge in [0, 0.05) is 19.1 Å². The topological polar surface area (TPSA) is 59.6 Å². The van der Waals surface area contributed by atoms with Crippen molar-refractivity contribution in [2.75, 3.05) is 32.9 Å². The van der Waals surface area contributed by atoms with Crippen LogP contribution in [0.4, 0.5) is 0 Å². The summed E-state index contributed by atoms with van der Waals surface area (Å²) in [5, 5.41) is 6.24. The third-order valence-corrected chi connectivity index (χ3v) is 4.24. The van der Waals surface area contributed by atoms with Gasteiger partial charge in [0.1, 0.15) is 0 Å². The molecular weight excluding hydrogens is 328 g/mol. The van der Waals surface area contributed by atoms with Gasteiger partial charge in [-0.3, -0.25) is 4.79 Å². The van der Waals surface area contributed by atoms with Crippen molar-refractivity contribution in [3.8, 4) is 0 Å². The Bertz CT molecular complexity index is 495. The van der Waals surface area contributed by atoms with E-state index in [1.54, 1.807) is 0 Å². The molecule has 5 nitrogen and oxygen atoms in total. The molecule has 0 aliphatic carbocycles. The van der Waals surface area contributed by atoms with Crippen LogP contribution in [0.5, 0.6) is 0 Å². The van der Waals surface area contributed by atoms with Gasteiger partial charge in [0.25, 0.3) is 0 Å². The molecule has 1 aromatic rings. The van der Waals surface area contributed by atoms with E-state index in [9.17, 15) is 4.79 Å². The van der Waals surface area contributed by atoms with E-state index in [2.05, 4.69) is 16.7 Å². The average molecular weight is 357 g/mol. The van der Waals surface area contributed by atoms with Crippen LogP contribution in [0.2, 0.25) is 0 Å². The molecule has 0 spiro atoms. The summed E-state index contributed by atoms with van der Waals surface area (Å²) in [4.78, 5) is 12.1. The van der Waals surface area contributed by atoms with E-state index in [4.69, 9.17) is 9.47 Å². The standard InChI is InChI=1S/C18H28N2O3.ClH/c1-3-22-7-8-23-13-16-6-4-5-15(9-16)10-20-18(21)14(2)17-11-19-12-17;/h4-6,9,14,17,19H,3,7-8,10-13H2,1-2H3,(H,20,21);1H. The molecule has 1 aliphatic rings. The molecule has 24 heavy (non-hydrogen) atoms. The molecule has 0 saturated carbocycles. The van der Waals surface area contributed by atoms with Crippen molar-refractivity contribution >= 4 is 18.3 Å². The second kappa shape index (κ2) is 11.4. The highest BCUT2D eigenvalue weighted by Gasteiger charge is 2.28. The van der Waals surface area contributed by atoms with Gasteiger partial charge >= 0.3 is 0 Å². The van der Waals surface area contributed by atoms with E-state index < -0.39 is 0 Å². The minimum atomic E-state index is 0. The Morgan fingerprint density at radius 1 is 1.29 bits per heavy atom. The fourth-order valence-electron chi connectivity index (χ4n) is 2.51. The van der Waals surface area contributed by atoms with Gasteiger partial charge in [-0.05, 0) is 37.1 Å². The lowest BCUT2D eigenvalue weighted by atomic mass is 9.88. The zero-order valence-electron chi connectivity index (χ0n) is 14.5. The molecule has 1 aliphatic heterocycles. The first-order chi connectivity index (χ1) is 11.2. The highest BCUT2D eigenvalue weighted by Crippen LogP contribution is 2.16. The fraction of sp³-hybridized carbons (Fsp3) is 0.611. The van der Waals surface area contributed by atoms with Gasteiger partial charge in [0.05, 0.1) is 19.8 Å². The van der Waals surface area contributed by atoms with Crippen molar-refractivity contribution in [3.63, 3.8) is 0 Å². The minimum Gasteiger partial charge on any atom is -0.379 e. The summed E-state index contributed by atoms with van der Waals surface area (Å²) < 4.78 is 10.8. The molecule has 0 aromatic heterocycles. The van der Waals surface area contributed by atoms with Crippen molar-refractivity contribution in [1.29, 1.82) is 0 Å². The third kappa shape index (κ3) is 6.77. The molecule has 0 radical (unpaired) electrons. The number of nitrogens with one attached hydrogen (secondary N) is 2. The normalized spacial score (nSPS) is 15.2. The molecule has 2 N–H and O–H groups in total. The van der Waals surface area contributed by atoms with E-state index in [0.29, 0.717) is 38.9 Å². The molecule has 6 heteroatoms. The zero-order chi connectivity index (χ0) is 16.5. The SMILES string of the molecule is CCOCCOCc1cccc(CNC(=O)C(C)C2CNC2)c1.Cl. The lowest BCUT2D eigenvalue weighted by Crippen LogP contribution is -2.49. The predicted molar refractivity (Wildman–Crippen MR) is 97.2 cm³/mol. The van der Waals surface area contributed by atoms with Crippen LogP contribution < -0.4 is 10.6 Å². The number of carbonyl (C=O) groups is 1. The summed E-state index contributed by atoms with van der Waals surface area (Å²) in [6, 6.07) is 8.15. The maximum absolute atomic E-state index is 12.1. The van der Waals surface area contributed by atoms with Crippen LogP contribution in [0.1, 0.15) is 25.0 Å². The quantitative estimate of drug-likeness (QED) is 0.630. The van der Waals surface area contributed by atoms with Crippen LogP contribution >= 0.6 is 12.4 Å². The molecule has 1 heterocycles. The van der Waals surface area contributed by atoms with Crippen LogP contribution in [0, 0.1) is 11.8 Å². The summed E-state index contributed by atoms with van der Waals surface area (Å²) in [5.41, 5.74) is 2.22. The molecule has 1 atom stereocenters. The Hall–Kier alpha value is -1.14. The van der Waals surface area contributed by atoms with E-state index >= 15 is 0 Å². The summed E-state index contributed by atoms with van der Waals surface area (Å²) in [7, 11) is 0. The minimum absolute atomic E-state index is 0. The zero-order valence-corrected chi connectivity index (χ0v) is 15.4. The first kappa shape index (κ1) is 20.9. The van der Waals surface area contributed by atoms with Crippen LogP contribution in [-0.4, -0.2) is 38.8 Å². The second-order valence-corrected chi connectivity index (χ2v) is 5.99. The number of ether oxygens (including phenoxy) is 2. The molecule has 1 amide bonds. The lowest BCUT2D eigenvalue weighted by molar-refractivity contribution is -0.126. The van der Waals surface area contributed by atoms with Crippen molar-refractivity contribution in [1.82, 2.24) is 10.6 Å². The van der Waals surface area contributed by atoms with Crippen LogP contribution in [0.15, 0.2) is 24.3 Å². The van der Waals surface area contributed by atoms with Crippen LogP contribution in [-0.2, 0) is 27.4 Å². The third-order valence-electron chi connectivity index (χ3n) is 4.24. The van der Waals surface area contributed by atoms with Crippen LogP contribution in [0.25, 0.3) is 0 Å². The largest absolute Gasteiger partial charge is 0.379 e. The predicted octanol–water partition coefficient (Wildman–Crippen LogP) is 2.13. The van der Waals surface area contributed by atoms with E-state index in [0.717, 1.165) is 24.2 Å². The first-order valence-electron chi connectivity index (χ1n) is 8.42. The molecule has 1 fully saturated rings. The lowest BCUT2D eigenvalue weighted by Gasteiger charge is -2.31. The summed E-state index contributed by atoms with van der Waals surface area (Å²) in [5.74, 6) is 0.677. The average Bonchev–Trinajstić information content (AvgIpc) is 2.51. The summed E-state index contributed by atoms with van der Waals surface area (Å²) in [6.07, 6.45) is 0. The van der Waals surface area contributed by atoms with Gasteiger partial charge in [0.15, 0.2) is 0 Å². The molecule has 1 saturated heterocycles. The molecule has 1 aromatic carbocycles. The van der Waals surface area contributed by atoms with Gasteiger partial charge in [-0.2, -0.15) is 0 Å². The number of amides is 1. The van der Waals surface area contributed by atoms with Gasteiger partial charge in [-0.1, -0.05) is 31.2 Å². The van der Waals surface area contributed by atoms with Gasteiger partial charge < -0.3 is 20.1 Å². The van der Waals surface area contributed by atoms with Gasteiger partial charge in [0.2, 0.25) is 5.91 Å². The number of hydrogen-bond acceptors (Lipinski definition) is 4. The Morgan fingerprint density at radius 2 is 2.00 bits per heavy atom. The molecule has 2 rings (SSSR count). The molecule has 0 bridgehead atoms. The fourth-order valence-corrected chi connectivity index (χ4v) is 2.51. The van der Waals surface area contributed by atoms with Crippen molar-refractivity contribution in [2.45, 2.75) is 27.0 Å². The smallest absolute Gasteiger partial charge is 0.223 e. The Balaban J connectivity index is 0.00000288.